The van der Waals surface area contributed by atoms with E-state index in [1.807, 2.05) is 0 Å². The minimum atomic E-state index is 0.317. The molecule has 0 bridgehead atoms. The number of halogens is 1. The molecule has 16 heavy (non-hydrogen) atoms. The highest BCUT2D eigenvalue weighted by molar-refractivity contribution is 7.17. The lowest BCUT2D eigenvalue weighted by atomic mass is 9.84. The van der Waals surface area contributed by atoms with Gasteiger partial charge in [0.25, 0.3) is 0 Å². The van der Waals surface area contributed by atoms with Gasteiger partial charge in [0, 0.05) is 13.1 Å². The molecule has 0 unspecified atom stereocenters. The predicted octanol–water partition coefficient (Wildman–Crippen LogP) is 3.24. The van der Waals surface area contributed by atoms with Gasteiger partial charge in [0.1, 0.15) is 4.88 Å². The van der Waals surface area contributed by atoms with E-state index in [0.29, 0.717) is 15.4 Å². The van der Waals surface area contributed by atoms with Gasteiger partial charge >= 0.3 is 0 Å². The Hall–Kier alpha value is -0.610. The molecule has 0 saturated carbocycles. The summed E-state index contributed by atoms with van der Waals surface area (Å²) in [5, 5.41) is 1.21. The number of anilines is 1. The lowest BCUT2D eigenvalue weighted by molar-refractivity contribution is 0.112. The molecule has 1 aromatic heterocycles. The molecule has 0 spiro atoms. The first-order chi connectivity index (χ1) is 7.52. The summed E-state index contributed by atoms with van der Waals surface area (Å²) in [7, 11) is 0. The second-order valence-corrected chi connectivity index (χ2v) is 6.33. The van der Waals surface area contributed by atoms with Crippen LogP contribution in [0.2, 0.25) is 5.15 Å². The molecule has 1 fully saturated rings. The fraction of sp³-hybridized carbons (Fsp3) is 0.636. The third-order valence-electron chi connectivity index (χ3n) is 2.88. The maximum Gasteiger partial charge on any atom is 0.187 e. The van der Waals surface area contributed by atoms with Crippen molar-refractivity contribution < 1.29 is 4.79 Å². The normalized spacial score (nSPS) is 19.8. The van der Waals surface area contributed by atoms with Crippen molar-refractivity contribution in [3.8, 4) is 0 Å². The molecule has 1 aliphatic heterocycles. The van der Waals surface area contributed by atoms with Crippen LogP contribution < -0.4 is 4.90 Å². The molecule has 3 nitrogen and oxygen atoms in total. The van der Waals surface area contributed by atoms with Crippen LogP contribution in [0.1, 0.15) is 36.4 Å². The summed E-state index contributed by atoms with van der Waals surface area (Å²) in [6.07, 6.45) is 3.18. The zero-order valence-electron chi connectivity index (χ0n) is 9.49. The predicted molar refractivity (Wildman–Crippen MR) is 67.7 cm³/mol. The van der Waals surface area contributed by atoms with Crippen LogP contribution in [0.5, 0.6) is 0 Å². The summed E-state index contributed by atoms with van der Waals surface area (Å²) in [6.45, 7) is 6.50. The van der Waals surface area contributed by atoms with Gasteiger partial charge in [0.15, 0.2) is 16.6 Å². The highest BCUT2D eigenvalue weighted by Gasteiger charge is 2.28. The average molecular weight is 259 g/mol. The van der Waals surface area contributed by atoms with E-state index in [1.165, 1.54) is 24.2 Å². The Labute approximate surface area is 104 Å². The van der Waals surface area contributed by atoms with Crippen LogP contribution in [0, 0.1) is 5.41 Å². The van der Waals surface area contributed by atoms with Crippen molar-refractivity contribution in [1.29, 1.82) is 0 Å². The number of aromatic nitrogens is 1. The van der Waals surface area contributed by atoms with E-state index in [1.54, 1.807) is 0 Å². The van der Waals surface area contributed by atoms with Crippen molar-refractivity contribution >= 4 is 34.4 Å². The number of carbonyl (C=O) groups is 1. The van der Waals surface area contributed by atoms with Gasteiger partial charge in [-0.3, -0.25) is 4.79 Å². The van der Waals surface area contributed by atoms with Crippen LogP contribution in [0.3, 0.4) is 0 Å². The Kier molecular flexibility index (Phi) is 3.22. The lowest BCUT2D eigenvalue weighted by Gasteiger charge is -2.37. The monoisotopic (exact) mass is 258 g/mol. The molecule has 0 aliphatic carbocycles. The van der Waals surface area contributed by atoms with Gasteiger partial charge in [-0.05, 0) is 18.3 Å². The van der Waals surface area contributed by atoms with Gasteiger partial charge in [0.2, 0.25) is 0 Å². The fourth-order valence-corrected chi connectivity index (χ4v) is 3.18. The number of carbonyl (C=O) groups excluding carboxylic acids is 1. The molecule has 0 N–H and O–H groups in total. The fourth-order valence-electron chi connectivity index (χ4n) is 2.10. The molecule has 1 aromatic rings. The standard InChI is InChI=1S/C11H15ClN2OS/c1-11(2)4-3-5-14(7-11)10-13-9(12)8(6-15)16-10/h6H,3-5,7H2,1-2H3. The molecule has 2 heterocycles. The minimum absolute atomic E-state index is 0.317. The van der Waals surface area contributed by atoms with Crippen molar-refractivity contribution in [2.75, 3.05) is 18.0 Å². The smallest absolute Gasteiger partial charge is 0.187 e. The Bertz CT molecular complexity index is 403. The van der Waals surface area contributed by atoms with Crippen LogP contribution in [-0.2, 0) is 0 Å². The minimum Gasteiger partial charge on any atom is -0.348 e. The summed E-state index contributed by atoms with van der Waals surface area (Å²) < 4.78 is 0. The van der Waals surface area contributed by atoms with E-state index in [4.69, 9.17) is 11.6 Å². The van der Waals surface area contributed by atoms with Gasteiger partial charge in [-0.25, -0.2) is 4.98 Å². The molecule has 1 saturated heterocycles. The topological polar surface area (TPSA) is 33.2 Å². The number of nitrogens with zero attached hydrogens (tertiary/aromatic N) is 2. The summed E-state index contributed by atoms with van der Waals surface area (Å²) in [4.78, 5) is 17.7. The number of thiazole rings is 1. The van der Waals surface area contributed by atoms with E-state index in [-0.39, 0.29) is 0 Å². The van der Waals surface area contributed by atoms with E-state index in [2.05, 4.69) is 23.7 Å². The van der Waals surface area contributed by atoms with Gasteiger partial charge < -0.3 is 4.90 Å². The SMILES string of the molecule is CC1(C)CCCN(c2nc(Cl)c(C=O)s2)C1. The van der Waals surface area contributed by atoms with Crippen molar-refractivity contribution in [2.24, 2.45) is 5.41 Å². The largest absolute Gasteiger partial charge is 0.348 e. The van der Waals surface area contributed by atoms with Crippen LogP contribution >= 0.6 is 22.9 Å². The third kappa shape index (κ3) is 2.38. The zero-order valence-corrected chi connectivity index (χ0v) is 11.1. The summed E-state index contributed by atoms with van der Waals surface area (Å²) in [5.74, 6) is 0. The second-order valence-electron chi connectivity index (χ2n) is 4.96. The van der Waals surface area contributed by atoms with E-state index >= 15 is 0 Å². The van der Waals surface area contributed by atoms with Gasteiger partial charge in [-0.1, -0.05) is 36.8 Å². The second kappa shape index (κ2) is 4.34. The summed E-state index contributed by atoms with van der Waals surface area (Å²) >= 11 is 7.26. The molecule has 0 amide bonds. The van der Waals surface area contributed by atoms with Crippen molar-refractivity contribution in [2.45, 2.75) is 26.7 Å². The van der Waals surface area contributed by atoms with Crippen LogP contribution in [-0.4, -0.2) is 24.4 Å². The molecule has 88 valence electrons. The first-order valence-corrected chi connectivity index (χ1v) is 6.58. The molecule has 0 atom stereocenters. The van der Waals surface area contributed by atoms with Crippen LogP contribution in [0.15, 0.2) is 0 Å². The maximum atomic E-state index is 10.7. The quantitative estimate of drug-likeness (QED) is 0.764. The van der Waals surface area contributed by atoms with Crippen molar-refractivity contribution in [3.05, 3.63) is 10.0 Å². The number of hydrogen-bond acceptors (Lipinski definition) is 4. The summed E-state index contributed by atoms with van der Waals surface area (Å²) in [5.41, 5.74) is 0.317. The van der Waals surface area contributed by atoms with E-state index < -0.39 is 0 Å². The van der Waals surface area contributed by atoms with Gasteiger partial charge in [0.05, 0.1) is 0 Å². The lowest BCUT2D eigenvalue weighted by Crippen LogP contribution is -2.40. The van der Waals surface area contributed by atoms with E-state index in [9.17, 15) is 4.79 Å². The third-order valence-corrected chi connectivity index (χ3v) is 4.32. The van der Waals surface area contributed by atoms with Gasteiger partial charge in [-0.15, -0.1) is 0 Å². The van der Waals surface area contributed by atoms with Crippen LogP contribution in [0.25, 0.3) is 0 Å². The maximum absolute atomic E-state index is 10.7. The molecule has 5 heteroatoms. The Morgan fingerprint density at radius 2 is 2.31 bits per heavy atom. The Morgan fingerprint density at radius 1 is 1.56 bits per heavy atom. The average Bonchev–Trinajstić information content (AvgIpc) is 2.58. The molecular weight excluding hydrogens is 244 g/mol. The molecular formula is C11H15ClN2OS. The molecule has 2 rings (SSSR count). The number of aldehydes is 1. The number of rotatable bonds is 2. The molecule has 1 aliphatic rings. The molecule has 0 radical (unpaired) electrons. The van der Waals surface area contributed by atoms with E-state index in [0.717, 1.165) is 24.5 Å². The highest BCUT2D eigenvalue weighted by Crippen LogP contribution is 2.35. The van der Waals surface area contributed by atoms with Crippen LogP contribution in [0.4, 0.5) is 5.13 Å². The van der Waals surface area contributed by atoms with Gasteiger partial charge in [-0.2, -0.15) is 0 Å². The first kappa shape index (κ1) is 11.9. The number of hydrogen-bond donors (Lipinski definition) is 0. The Balaban J connectivity index is 2.20. The summed E-state index contributed by atoms with van der Waals surface area (Å²) in [6, 6.07) is 0. The highest BCUT2D eigenvalue weighted by atomic mass is 35.5. The zero-order chi connectivity index (χ0) is 11.8. The Morgan fingerprint density at radius 3 is 2.88 bits per heavy atom. The number of piperidine rings is 1. The molecule has 0 aromatic carbocycles. The van der Waals surface area contributed by atoms with Crippen molar-refractivity contribution in [1.82, 2.24) is 4.98 Å². The van der Waals surface area contributed by atoms with Crippen molar-refractivity contribution in [3.63, 3.8) is 0 Å². The first-order valence-electron chi connectivity index (χ1n) is 5.38.